The Kier molecular flexibility index (Phi) is 5.37. The normalized spacial score (nSPS) is 9.82. The molecule has 0 aliphatic heterocycles. The highest BCUT2D eigenvalue weighted by molar-refractivity contribution is 7.99. The SMILES string of the molecule is CNc1nc(SCCO)c(C#N)c(-c2ccccc2)c1C#N. The number of aliphatic hydroxyl groups excluding tert-OH is 1. The molecule has 110 valence electrons. The van der Waals surface area contributed by atoms with Crippen molar-refractivity contribution in [3.05, 3.63) is 41.5 Å². The lowest BCUT2D eigenvalue weighted by Crippen LogP contribution is -2.04. The lowest BCUT2D eigenvalue weighted by atomic mass is 9.97. The minimum atomic E-state index is -0.00717. The lowest BCUT2D eigenvalue weighted by Gasteiger charge is -2.14. The Balaban J connectivity index is 2.77. The van der Waals surface area contributed by atoms with E-state index in [-0.39, 0.29) is 6.61 Å². The van der Waals surface area contributed by atoms with Crippen molar-refractivity contribution in [2.45, 2.75) is 5.03 Å². The van der Waals surface area contributed by atoms with E-state index in [1.165, 1.54) is 11.8 Å². The number of nitrogens with zero attached hydrogens (tertiary/aromatic N) is 3. The van der Waals surface area contributed by atoms with Crippen molar-refractivity contribution >= 4 is 17.6 Å². The largest absolute Gasteiger partial charge is 0.396 e. The molecular weight excluding hydrogens is 296 g/mol. The molecule has 0 amide bonds. The summed E-state index contributed by atoms with van der Waals surface area (Å²) in [7, 11) is 1.69. The van der Waals surface area contributed by atoms with Gasteiger partial charge in [0.25, 0.3) is 0 Å². The van der Waals surface area contributed by atoms with Crippen LogP contribution in [-0.4, -0.2) is 29.5 Å². The number of nitrogens with one attached hydrogen (secondary N) is 1. The summed E-state index contributed by atoms with van der Waals surface area (Å²) in [6, 6.07) is 13.6. The molecule has 0 saturated heterocycles. The van der Waals surface area contributed by atoms with E-state index in [1.807, 2.05) is 30.3 Å². The molecule has 0 aliphatic carbocycles. The Morgan fingerprint density at radius 3 is 2.41 bits per heavy atom. The van der Waals surface area contributed by atoms with Gasteiger partial charge in [-0.15, -0.1) is 11.8 Å². The molecule has 0 unspecified atom stereocenters. The average Bonchev–Trinajstić information content (AvgIpc) is 2.58. The molecule has 0 bridgehead atoms. The maximum absolute atomic E-state index is 9.55. The molecule has 22 heavy (non-hydrogen) atoms. The van der Waals surface area contributed by atoms with E-state index in [0.717, 1.165) is 5.56 Å². The second kappa shape index (κ2) is 7.46. The molecule has 1 heterocycles. The number of rotatable bonds is 5. The molecule has 0 saturated carbocycles. The highest BCUT2D eigenvalue weighted by atomic mass is 32.2. The van der Waals surface area contributed by atoms with Gasteiger partial charge in [0.1, 0.15) is 28.5 Å². The van der Waals surface area contributed by atoms with E-state index in [9.17, 15) is 10.5 Å². The summed E-state index contributed by atoms with van der Waals surface area (Å²) in [6.07, 6.45) is 0. The van der Waals surface area contributed by atoms with Gasteiger partial charge >= 0.3 is 0 Å². The minimum absolute atomic E-state index is 0.00717. The quantitative estimate of drug-likeness (QED) is 0.825. The number of nitriles is 2. The van der Waals surface area contributed by atoms with Crippen LogP contribution in [0.4, 0.5) is 5.82 Å². The van der Waals surface area contributed by atoms with Crippen molar-refractivity contribution < 1.29 is 5.11 Å². The predicted molar refractivity (Wildman–Crippen MR) is 86.5 cm³/mol. The van der Waals surface area contributed by atoms with Gasteiger partial charge in [0, 0.05) is 18.4 Å². The molecular formula is C16H14N4OS. The zero-order valence-corrected chi connectivity index (χ0v) is 12.8. The number of hydrogen-bond donors (Lipinski definition) is 2. The molecule has 0 radical (unpaired) electrons. The molecule has 1 aromatic carbocycles. The number of hydrogen-bond acceptors (Lipinski definition) is 6. The average molecular weight is 310 g/mol. The first-order chi connectivity index (χ1) is 10.8. The molecule has 0 fully saturated rings. The highest BCUT2D eigenvalue weighted by Crippen LogP contribution is 2.36. The van der Waals surface area contributed by atoms with Gasteiger partial charge in [0.15, 0.2) is 0 Å². The van der Waals surface area contributed by atoms with Crippen molar-refractivity contribution in [2.24, 2.45) is 0 Å². The van der Waals surface area contributed by atoms with Crippen molar-refractivity contribution in [3.63, 3.8) is 0 Å². The Hall–Kier alpha value is -2.54. The van der Waals surface area contributed by atoms with Crippen LogP contribution in [-0.2, 0) is 0 Å². The molecule has 5 nitrogen and oxygen atoms in total. The van der Waals surface area contributed by atoms with E-state index >= 15 is 0 Å². The van der Waals surface area contributed by atoms with Crippen LogP contribution in [0.5, 0.6) is 0 Å². The first-order valence-electron chi connectivity index (χ1n) is 6.61. The monoisotopic (exact) mass is 310 g/mol. The highest BCUT2D eigenvalue weighted by Gasteiger charge is 2.20. The second-order valence-corrected chi connectivity index (χ2v) is 5.39. The predicted octanol–water partition coefficient (Wildman–Crippen LogP) is 2.62. The maximum atomic E-state index is 9.55. The molecule has 0 spiro atoms. The van der Waals surface area contributed by atoms with Crippen LogP contribution in [0, 0.1) is 22.7 Å². The van der Waals surface area contributed by atoms with Gasteiger partial charge in [0.2, 0.25) is 0 Å². The molecule has 2 rings (SSSR count). The molecule has 0 atom stereocenters. The summed E-state index contributed by atoms with van der Waals surface area (Å²) in [4.78, 5) is 4.35. The van der Waals surface area contributed by atoms with Crippen molar-refractivity contribution in [1.29, 1.82) is 10.5 Å². The smallest absolute Gasteiger partial charge is 0.145 e. The van der Waals surface area contributed by atoms with E-state index in [2.05, 4.69) is 22.4 Å². The standard InChI is InChI=1S/C16H14N4OS/c1-19-15-12(9-17)14(11-5-3-2-4-6-11)13(10-18)16(20-15)22-8-7-21/h2-6,21H,7-8H2,1H3,(H,19,20). The molecule has 6 heteroatoms. The maximum Gasteiger partial charge on any atom is 0.145 e. The zero-order valence-electron chi connectivity index (χ0n) is 12.0. The first-order valence-corrected chi connectivity index (χ1v) is 7.60. The van der Waals surface area contributed by atoms with Gasteiger partial charge in [-0.05, 0) is 5.56 Å². The fourth-order valence-corrected chi connectivity index (χ4v) is 2.83. The summed E-state index contributed by atoms with van der Waals surface area (Å²) in [5.74, 6) is 0.867. The van der Waals surface area contributed by atoms with Crippen LogP contribution in [0.3, 0.4) is 0 Å². The second-order valence-electron chi connectivity index (χ2n) is 4.30. The third kappa shape index (κ3) is 3.04. The van der Waals surface area contributed by atoms with E-state index in [1.54, 1.807) is 7.05 Å². The first kappa shape index (κ1) is 15.8. The van der Waals surface area contributed by atoms with Crippen LogP contribution < -0.4 is 5.32 Å². The number of benzene rings is 1. The minimum Gasteiger partial charge on any atom is -0.396 e. The van der Waals surface area contributed by atoms with Crippen LogP contribution in [0.25, 0.3) is 11.1 Å². The van der Waals surface area contributed by atoms with Gasteiger partial charge in [0.05, 0.1) is 12.2 Å². The Morgan fingerprint density at radius 1 is 1.18 bits per heavy atom. The van der Waals surface area contributed by atoms with Crippen LogP contribution >= 0.6 is 11.8 Å². The van der Waals surface area contributed by atoms with Gasteiger partial charge in [-0.25, -0.2) is 4.98 Å². The van der Waals surface area contributed by atoms with Crippen molar-refractivity contribution in [2.75, 3.05) is 24.7 Å². The number of anilines is 1. The van der Waals surface area contributed by atoms with Crippen LogP contribution in [0.15, 0.2) is 35.4 Å². The third-order valence-corrected chi connectivity index (χ3v) is 3.97. The van der Waals surface area contributed by atoms with E-state index in [0.29, 0.717) is 33.3 Å². The van der Waals surface area contributed by atoms with Gasteiger partial charge in [-0.2, -0.15) is 10.5 Å². The van der Waals surface area contributed by atoms with Gasteiger partial charge in [-0.3, -0.25) is 0 Å². The van der Waals surface area contributed by atoms with Crippen molar-refractivity contribution in [1.82, 2.24) is 4.98 Å². The van der Waals surface area contributed by atoms with Gasteiger partial charge < -0.3 is 10.4 Å². The molecule has 2 aromatic rings. The summed E-state index contributed by atoms with van der Waals surface area (Å²) in [5.41, 5.74) is 2.07. The number of aromatic nitrogens is 1. The zero-order chi connectivity index (χ0) is 15.9. The number of pyridine rings is 1. The lowest BCUT2D eigenvalue weighted by molar-refractivity contribution is 0.322. The molecule has 2 N–H and O–H groups in total. The Bertz CT molecular complexity index is 747. The van der Waals surface area contributed by atoms with Crippen LogP contribution in [0.1, 0.15) is 11.1 Å². The third-order valence-electron chi connectivity index (χ3n) is 3.02. The summed E-state index contributed by atoms with van der Waals surface area (Å²) in [5, 5.41) is 31.5. The fourth-order valence-electron chi connectivity index (χ4n) is 2.10. The summed E-state index contributed by atoms with van der Waals surface area (Å²) >= 11 is 1.30. The van der Waals surface area contributed by atoms with Crippen molar-refractivity contribution in [3.8, 4) is 23.3 Å². The fraction of sp³-hybridized carbons (Fsp3) is 0.188. The van der Waals surface area contributed by atoms with E-state index < -0.39 is 0 Å². The van der Waals surface area contributed by atoms with Crippen LogP contribution in [0.2, 0.25) is 0 Å². The molecule has 1 aromatic heterocycles. The number of thioether (sulfide) groups is 1. The Labute approximate surface area is 133 Å². The summed E-state index contributed by atoms with van der Waals surface area (Å²) in [6.45, 7) is -0.00717. The number of aliphatic hydroxyl groups is 1. The topological polar surface area (TPSA) is 92.7 Å². The Morgan fingerprint density at radius 2 is 1.86 bits per heavy atom. The van der Waals surface area contributed by atoms with E-state index in [4.69, 9.17) is 5.11 Å². The summed E-state index contributed by atoms with van der Waals surface area (Å²) < 4.78 is 0. The molecule has 0 aliphatic rings. The van der Waals surface area contributed by atoms with Gasteiger partial charge in [-0.1, -0.05) is 30.3 Å².